The zero-order valence-electron chi connectivity index (χ0n) is 12.1. The quantitative estimate of drug-likeness (QED) is 0.892. The Hall–Kier alpha value is -1.66. The minimum Gasteiger partial charge on any atom is -0.477 e. The van der Waals surface area contributed by atoms with Gasteiger partial charge in [-0.25, -0.2) is 9.78 Å². The lowest BCUT2D eigenvalue weighted by Crippen LogP contribution is -2.57. The van der Waals surface area contributed by atoms with Gasteiger partial charge in [0, 0.05) is 39.1 Å². The number of aromatic carboxylic acids is 1. The van der Waals surface area contributed by atoms with Crippen LogP contribution >= 0.6 is 0 Å². The van der Waals surface area contributed by atoms with E-state index < -0.39 is 5.97 Å². The first-order valence-electron chi connectivity index (χ1n) is 7.29. The number of rotatable bonds is 2. The summed E-state index contributed by atoms with van der Waals surface area (Å²) in [7, 11) is 0. The largest absolute Gasteiger partial charge is 0.477 e. The Kier molecular flexibility index (Phi) is 3.82. The third kappa shape index (κ3) is 3.01. The second kappa shape index (κ2) is 5.61. The first kappa shape index (κ1) is 14.3. The fourth-order valence-electron chi connectivity index (χ4n) is 3.14. The molecular weight excluding hydrogens is 272 g/mol. The van der Waals surface area contributed by atoms with Gasteiger partial charge in [-0.15, -0.1) is 0 Å². The van der Waals surface area contributed by atoms with Gasteiger partial charge in [-0.05, 0) is 19.1 Å². The number of carboxylic acids is 1. The molecule has 2 fully saturated rings. The molecule has 0 aliphatic carbocycles. The lowest BCUT2D eigenvalue weighted by Gasteiger charge is -2.47. The van der Waals surface area contributed by atoms with Gasteiger partial charge >= 0.3 is 5.97 Å². The predicted octanol–water partition coefficient (Wildman–Crippen LogP) is 1.55. The van der Waals surface area contributed by atoms with Crippen LogP contribution in [0.25, 0.3) is 0 Å². The lowest BCUT2D eigenvalue weighted by molar-refractivity contribution is -0.145. The zero-order valence-corrected chi connectivity index (χ0v) is 12.1. The molecule has 0 amide bonds. The van der Waals surface area contributed by atoms with Crippen LogP contribution in [0.3, 0.4) is 0 Å². The lowest BCUT2D eigenvalue weighted by atomic mass is 9.91. The van der Waals surface area contributed by atoms with Crippen LogP contribution in [-0.4, -0.2) is 54.1 Å². The molecule has 1 aromatic rings. The summed E-state index contributed by atoms with van der Waals surface area (Å²) in [6, 6.07) is 5.11. The van der Waals surface area contributed by atoms with Crippen molar-refractivity contribution in [1.82, 2.24) is 4.98 Å². The summed E-state index contributed by atoms with van der Waals surface area (Å²) in [5.74, 6) is -0.296. The van der Waals surface area contributed by atoms with Gasteiger partial charge in [0.15, 0.2) is 5.69 Å². The van der Waals surface area contributed by atoms with Gasteiger partial charge in [0.1, 0.15) is 5.82 Å². The fourth-order valence-corrected chi connectivity index (χ4v) is 3.14. The van der Waals surface area contributed by atoms with Gasteiger partial charge in [0.05, 0.1) is 11.7 Å². The molecule has 1 N–H and O–H groups in total. The van der Waals surface area contributed by atoms with E-state index in [1.165, 1.54) is 6.07 Å². The smallest absolute Gasteiger partial charge is 0.354 e. The van der Waals surface area contributed by atoms with Crippen molar-refractivity contribution < 1.29 is 19.4 Å². The van der Waals surface area contributed by atoms with E-state index in [2.05, 4.69) is 9.88 Å². The predicted molar refractivity (Wildman–Crippen MR) is 76.7 cm³/mol. The highest BCUT2D eigenvalue weighted by Gasteiger charge is 2.41. The topological polar surface area (TPSA) is 71.9 Å². The number of anilines is 1. The third-order valence-electron chi connectivity index (χ3n) is 4.09. The van der Waals surface area contributed by atoms with Crippen LogP contribution < -0.4 is 4.90 Å². The summed E-state index contributed by atoms with van der Waals surface area (Å²) in [5.41, 5.74) is -0.121. The van der Waals surface area contributed by atoms with Crippen LogP contribution in [0.4, 0.5) is 5.82 Å². The van der Waals surface area contributed by atoms with Crippen molar-refractivity contribution in [3.05, 3.63) is 23.9 Å². The minimum atomic E-state index is -1.00. The van der Waals surface area contributed by atoms with Gasteiger partial charge in [0.25, 0.3) is 0 Å². The van der Waals surface area contributed by atoms with Gasteiger partial charge < -0.3 is 19.5 Å². The second-order valence-electron chi connectivity index (χ2n) is 5.79. The maximum Gasteiger partial charge on any atom is 0.354 e. The minimum absolute atomic E-state index is 0.0765. The number of pyridine rings is 1. The first-order chi connectivity index (χ1) is 10.1. The van der Waals surface area contributed by atoms with E-state index in [-0.39, 0.29) is 17.4 Å². The molecule has 1 atom stereocenters. The second-order valence-corrected chi connectivity index (χ2v) is 5.79. The zero-order chi connectivity index (χ0) is 14.9. The Morgan fingerprint density at radius 3 is 2.90 bits per heavy atom. The number of carboxylic acid groups (broad SMARTS) is 1. The number of nitrogens with zero attached hydrogens (tertiary/aromatic N) is 2. The van der Waals surface area contributed by atoms with Crippen LogP contribution in [0.5, 0.6) is 0 Å². The van der Waals surface area contributed by atoms with Crippen molar-refractivity contribution in [3.8, 4) is 0 Å². The molecule has 1 spiro atoms. The molecule has 0 bridgehead atoms. The van der Waals surface area contributed by atoms with Crippen LogP contribution in [-0.2, 0) is 9.47 Å². The summed E-state index contributed by atoms with van der Waals surface area (Å²) < 4.78 is 11.6. The molecule has 2 aliphatic heterocycles. The first-order valence-corrected chi connectivity index (χ1v) is 7.29. The van der Waals surface area contributed by atoms with E-state index in [9.17, 15) is 4.79 Å². The molecule has 2 saturated heterocycles. The number of hydrogen-bond donors (Lipinski definition) is 1. The Balaban J connectivity index is 1.84. The number of ether oxygens (including phenoxy) is 2. The molecule has 3 rings (SSSR count). The number of carbonyl (C=O) groups is 1. The van der Waals surface area contributed by atoms with E-state index in [4.69, 9.17) is 14.6 Å². The van der Waals surface area contributed by atoms with E-state index in [0.29, 0.717) is 19.0 Å². The van der Waals surface area contributed by atoms with Crippen molar-refractivity contribution in [2.75, 3.05) is 31.2 Å². The molecule has 0 radical (unpaired) electrons. The summed E-state index contributed by atoms with van der Waals surface area (Å²) in [6.45, 7) is 4.92. The Bertz CT molecular complexity index is 528. The highest BCUT2D eigenvalue weighted by Crippen LogP contribution is 2.33. The Morgan fingerprint density at radius 1 is 1.43 bits per heavy atom. The maximum atomic E-state index is 11.1. The average Bonchev–Trinajstić information content (AvgIpc) is 2.47. The fraction of sp³-hybridized carbons (Fsp3) is 0.600. The standard InChI is InChI=1S/C15H20N2O4/c1-11-9-17(10-15(21-11)5-7-20-8-6-15)13-4-2-3-12(16-13)14(18)19/h2-4,11H,5-10H2,1H3,(H,18,19). The molecule has 21 heavy (non-hydrogen) atoms. The van der Waals surface area contributed by atoms with Crippen LogP contribution in [0, 0.1) is 0 Å². The molecule has 6 heteroatoms. The summed E-state index contributed by atoms with van der Waals surface area (Å²) in [6.07, 6.45) is 1.82. The Morgan fingerprint density at radius 2 is 2.19 bits per heavy atom. The highest BCUT2D eigenvalue weighted by molar-refractivity contribution is 5.85. The number of hydrogen-bond acceptors (Lipinski definition) is 5. The van der Waals surface area contributed by atoms with Crippen molar-refractivity contribution >= 4 is 11.8 Å². The molecule has 1 unspecified atom stereocenters. The van der Waals surface area contributed by atoms with E-state index >= 15 is 0 Å². The highest BCUT2D eigenvalue weighted by atomic mass is 16.5. The summed E-state index contributed by atoms with van der Waals surface area (Å²) >= 11 is 0. The monoisotopic (exact) mass is 292 g/mol. The van der Waals surface area contributed by atoms with Crippen LogP contribution in [0.15, 0.2) is 18.2 Å². The van der Waals surface area contributed by atoms with E-state index in [0.717, 1.165) is 25.9 Å². The van der Waals surface area contributed by atoms with Gasteiger partial charge in [0.2, 0.25) is 0 Å². The molecule has 3 heterocycles. The van der Waals surface area contributed by atoms with E-state index in [1.807, 2.05) is 13.0 Å². The van der Waals surface area contributed by atoms with Crippen molar-refractivity contribution in [1.29, 1.82) is 0 Å². The normalized spacial score (nSPS) is 25.0. The molecule has 0 saturated carbocycles. The molecule has 114 valence electrons. The molecule has 6 nitrogen and oxygen atoms in total. The van der Waals surface area contributed by atoms with E-state index in [1.54, 1.807) is 6.07 Å². The van der Waals surface area contributed by atoms with Crippen molar-refractivity contribution in [2.45, 2.75) is 31.5 Å². The molecule has 0 aromatic carbocycles. The van der Waals surface area contributed by atoms with Crippen molar-refractivity contribution in [2.24, 2.45) is 0 Å². The van der Waals surface area contributed by atoms with Crippen LogP contribution in [0.1, 0.15) is 30.3 Å². The van der Waals surface area contributed by atoms with Gasteiger partial charge in [-0.1, -0.05) is 6.07 Å². The van der Waals surface area contributed by atoms with Crippen LogP contribution in [0.2, 0.25) is 0 Å². The average molecular weight is 292 g/mol. The summed E-state index contributed by atoms with van der Waals surface area (Å²) in [4.78, 5) is 17.5. The maximum absolute atomic E-state index is 11.1. The summed E-state index contributed by atoms with van der Waals surface area (Å²) in [5, 5.41) is 9.08. The molecule has 1 aromatic heterocycles. The van der Waals surface area contributed by atoms with Gasteiger partial charge in [-0.2, -0.15) is 0 Å². The van der Waals surface area contributed by atoms with Crippen molar-refractivity contribution in [3.63, 3.8) is 0 Å². The number of morpholine rings is 1. The molecular formula is C15H20N2O4. The third-order valence-corrected chi connectivity index (χ3v) is 4.09. The van der Waals surface area contributed by atoms with Gasteiger partial charge in [-0.3, -0.25) is 0 Å². The number of aromatic nitrogens is 1. The Labute approximate surface area is 123 Å². The molecule has 2 aliphatic rings. The SMILES string of the molecule is CC1CN(c2cccc(C(=O)O)n2)CC2(CCOCC2)O1.